The molecule has 0 amide bonds. The zero-order valence-electron chi connectivity index (χ0n) is 36.1. The molecule has 1 atom stereocenters. The van der Waals surface area contributed by atoms with Crippen LogP contribution in [0.25, 0.3) is 98.8 Å². The SMILES string of the molecule is c1ccc(C2N=C(c3ccc(-n4c5ccccc5c5cc6ccccc6cc54)cc3-c3cccc4c3oc3ccccc34)N=C(c3ccc4c5ccccc5n(-c5ccccc5)c4c3)N2)cc1. The molecule has 6 nitrogen and oxygen atoms in total. The predicted octanol–water partition coefficient (Wildman–Crippen LogP) is 15.1. The van der Waals surface area contributed by atoms with Crippen molar-refractivity contribution in [2.75, 3.05) is 0 Å². The van der Waals surface area contributed by atoms with Crippen LogP contribution in [-0.2, 0) is 0 Å². The van der Waals surface area contributed by atoms with Gasteiger partial charge in [-0.15, -0.1) is 0 Å². The molecule has 0 saturated heterocycles. The van der Waals surface area contributed by atoms with Gasteiger partial charge in [0.05, 0.1) is 22.1 Å². The molecule has 0 saturated carbocycles. The lowest BCUT2D eigenvalue weighted by atomic mass is 9.95. The lowest BCUT2D eigenvalue weighted by Gasteiger charge is -2.25. The van der Waals surface area contributed by atoms with Crippen LogP contribution in [0.3, 0.4) is 0 Å². The molecule has 0 bridgehead atoms. The number of para-hydroxylation sites is 5. The first-order chi connectivity index (χ1) is 33.2. The van der Waals surface area contributed by atoms with Gasteiger partial charge >= 0.3 is 0 Å². The number of aromatic nitrogens is 2. The topological polar surface area (TPSA) is 59.8 Å². The molecular weight excluding hydrogens is 819 g/mol. The molecule has 0 radical (unpaired) electrons. The highest BCUT2D eigenvalue weighted by molar-refractivity contribution is 6.19. The molecule has 1 N–H and O–H groups in total. The van der Waals surface area contributed by atoms with Gasteiger partial charge in [0.1, 0.15) is 23.2 Å². The van der Waals surface area contributed by atoms with E-state index in [1.165, 1.54) is 32.3 Å². The normalized spacial score (nSPS) is 14.1. The van der Waals surface area contributed by atoms with E-state index < -0.39 is 6.17 Å². The lowest BCUT2D eigenvalue weighted by molar-refractivity contribution is 0.670. The lowest BCUT2D eigenvalue weighted by Crippen LogP contribution is -2.33. The van der Waals surface area contributed by atoms with Crippen molar-refractivity contribution in [3.63, 3.8) is 0 Å². The number of furan rings is 1. The molecule has 1 aliphatic rings. The van der Waals surface area contributed by atoms with Gasteiger partial charge in [-0.3, -0.25) is 0 Å². The minimum absolute atomic E-state index is 0.403. The summed E-state index contributed by atoms with van der Waals surface area (Å²) >= 11 is 0. The van der Waals surface area contributed by atoms with Crippen molar-refractivity contribution < 1.29 is 4.42 Å². The van der Waals surface area contributed by atoms with Gasteiger partial charge in [0.2, 0.25) is 0 Å². The summed E-state index contributed by atoms with van der Waals surface area (Å²) in [7, 11) is 0. The van der Waals surface area contributed by atoms with Gasteiger partial charge in [0.25, 0.3) is 0 Å². The van der Waals surface area contributed by atoms with Crippen molar-refractivity contribution in [3.05, 3.63) is 241 Å². The van der Waals surface area contributed by atoms with Crippen LogP contribution in [0.15, 0.2) is 239 Å². The summed E-state index contributed by atoms with van der Waals surface area (Å²) < 4.78 is 11.5. The molecule has 3 aromatic heterocycles. The summed E-state index contributed by atoms with van der Waals surface area (Å²) in [5.41, 5.74) is 13.2. The highest BCUT2D eigenvalue weighted by Crippen LogP contribution is 2.41. The van der Waals surface area contributed by atoms with Crippen LogP contribution in [0.1, 0.15) is 22.9 Å². The number of hydrogen-bond donors (Lipinski definition) is 1. The Hall–Kier alpha value is -9.00. The maximum absolute atomic E-state index is 6.80. The Bertz CT molecular complexity index is 4190. The maximum Gasteiger partial charge on any atom is 0.160 e. The predicted molar refractivity (Wildman–Crippen MR) is 277 cm³/mol. The van der Waals surface area contributed by atoms with E-state index in [0.717, 1.165) is 89.0 Å². The van der Waals surface area contributed by atoms with Gasteiger partial charge in [-0.05, 0) is 88.6 Å². The molecule has 4 heterocycles. The molecule has 14 rings (SSSR count). The molecule has 0 aliphatic carbocycles. The third-order valence-electron chi connectivity index (χ3n) is 13.6. The molecule has 1 aliphatic heterocycles. The average molecular weight is 858 g/mol. The third kappa shape index (κ3) is 5.90. The van der Waals surface area contributed by atoms with E-state index in [1.54, 1.807) is 0 Å². The molecule has 1 unspecified atom stereocenters. The van der Waals surface area contributed by atoms with E-state index in [4.69, 9.17) is 14.4 Å². The van der Waals surface area contributed by atoms with Crippen molar-refractivity contribution in [1.29, 1.82) is 0 Å². The number of hydrogen-bond acceptors (Lipinski definition) is 4. The Balaban J connectivity index is 1.02. The molecule has 6 heteroatoms. The quantitative estimate of drug-likeness (QED) is 0.181. The van der Waals surface area contributed by atoms with E-state index >= 15 is 0 Å². The molecule has 0 spiro atoms. The summed E-state index contributed by atoms with van der Waals surface area (Å²) in [6.45, 7) is 0. The van der Waals surface area contributed by atoms with E-state index in [1.807, 2.05) is 18.2 Å². The van der Waals surface area contributed by atoms with Crippen LogP contribution in [0, 0.1) is 0 Å². The van der Waals surface area contributed by atoms with Crippen molar-refractivity contribution >= 4 is 88.0 Å². The van der Waals surface area contributed by atoms with E-state index in [-0.39, 0.29) is 0 Å². The summed E-state index contributed by atoms with van der Waals surface area (Å²) in [5, 5.41) is 13.1. The highest BCUT2D eigenvalue weighted by Gasteiger charge is 2.26. The van der Waals surface area contributed by atoms with Crippen LogP contribution in [0.4, 0.5) is 0 Å². The first-order valence-corrected chi connectivity index (χ1v) is 22.8. The van der Waals surface area contributed by atoms with Crippen LogP contribution in [0.5, 0.6) is 0 Å². The average Bonchev–Trinajstić information content (AvgIpc) is 4.05. The molecule has 10 aromatic carbocycles. The van der Waals surface area contributed by atoms with Gasteiger partial charge in [0, 0.05) is 60.4 Å². The van der Waals surface area contributed by atoms with Crippen molar-refractivity contribution in [3.8, 4) is 22.5 Å². The fourth-order valence-electron chi connectivity index (χ4n) is 10.5. The molecule has 13 aromatic rings. The molecular formula is C61H39N5O. The highest BCUT2D eigenvalue weighted by atomic mass is 16.3. The zero-order valence-corrected chi connectivity index (χ0v) is 36.1. The second-order valence-electron chi connectivity index (χ2n) is 17.4. The Morgan fingerprint density at radius 2 is 1.03 bits per heavy atom. The molecule has 314 valence electrons. The number of benzene rings is 10. The van der Waals surface area contributed by atoms with Crippen molar-refractivity contribution in [2.45, 2.75) is 6.17 Å². The Kier molecular flexibility index (Phi) is 8.24. The molecule has 0 fully saturated rings. The van der Waals surface area contributed by atoms with Crippen LogP contribution >= 0.6 is 0 Å². The van der Waals surface area contributed by atoms with Crippen LogP contribution in [0.2, 0.25) is 0 Å². The summed E-state index contributed by atoms with van der Waals surface area (Å²) in [6.07, 6.45) is -0.403. The number of amidine groups is 2. The maximum atomic E-state index is 6.80. The van der Waals surface area contributed by atoms with Gasteiger partial charge < -0.3 is 18.9 Å². The van der Waals surface area contributed by atoms with Gasteiger partial charge in [-0.2, -0.15) is 0 Å². The van der Waals surface area contributed by atoms with E-state index in [2.05, 4.69) is 221 Å². The third-order valence-corrected chi connectivity index (χ3v) is 13.6. The Morgan fingerprint density at radius 1 is 0.403 bits per heavy atom. The number of nitrogens with zero attached hydrogens (tertiary/aromatic N) is 4. The zero-order chi connectivity index (χ0) is 44.0. The van der Waals surface area contributed by atoms with Gasteiger partial charge in [0.15, 0.2) is 5.84 Å². The minimum atomic E-state index is -0.403. The minimum Gasteiger partial charge on any atom is -0.455 e. The van der Waals surface area contributed by atoms with Crippen molar-refractivity contribution in [2.24, 2.45) is 9.98 Å². The first kappa shape index (κ1) is 37.4. The van der Waals surface area contributed by atoms with Crippen LogP contribution in [-0.4, -0.2) is 20.8 Å². The Labute approximate surface area is 385 Å². The number of aliphatic imine (C=N–C) groups is 2. The number of fused-ring (bicyclic) bond motifs is 10. The number of rotatable bonds is 6. The number of nitrogens with one attached hydrogen (secondary N) is 1. The smallest absolute Gasteiger partial charge is 0.160 e. The Morgan fingerprint density at radius 3 is 1.84 bits per heavy atom. The first-order valence-electron chi connectivity index (χ1n) is 22.8. The van der Waals surface area contributed by atoms with Gasteiger partial charge in [-0.1, -0.05) is 158 Å². The van der Waals surface area contributed by atoms with Crippen LogP contribution < -0.4 is 5.32 Å². The monoisotopic (exact) mass is 857 g/mol. The fourth-order valence-corrected chi connectivity index (χ4v) is 10.5. The van der Waals surface area contributed by atoms with Crippen molar-refractivity contribution in [1.82, 2.24) is 14.5 Å². The largest absolute Gasteiger partial charge is 0.455 e. The molecule has 67 heavy (non-hydrogen) atoms. The summed E-state index contributed by atoms with van der Waals surface area (Å²) in [5.74, 6) is 1.38. The fraction of sp³-hybridized carbons (Fsp3) is 0.0164. The van der Waals surface area contributed by atoms with E-state index in [9.17, 15) is 0 Å². The standard InChI is InChI=1S/C61H39N5O/c1-3-16-38(17-4-1)59-62-60(41-30-32-46-44-22-9-12-27-53(44)65(55(46)36-41)42-20-5-2-6-21-42)64-61(63-59)50-33-31-43(37-51(50)49-26-15-25-48-47-24-11-14-29-57(47)67-58(48)49)66-54-28-13-10-23-45(54)52-34-39-18-7-8-19-40(39)35-56(52)66/h1-37,59H,(H,62,63,64). The second-order valence-corrected chi connectivity index (χ2v) is 17.4. The second kappa shape index (κ2) is 14.8. The summed E-state index contributed by atoms with van der Waals surface area (Å²) in [4.78, 5) is 11.0. The van der Waals surface area contributed by atoms with E-state index in [0.29, 0.717) is 5.84 Å². The summed E-state index contributed by atoms with van der Waals surface area (Å²) in [6, 6.07) is 79.8. The van der Waals surface area contributed by atoms with Gasteiger partial charge in [-0.25, -0.2) is 9.98 Å².